The maximum Gasteiger partial charge on any atom is 0.289 e. The van der Waals surface area contributed by atoms with Crippen LogP contribution in [0.25, 0.3) is 0 Å². The molecule has 0 atom stereocenters. The summed E-state index contributed by atoms with van der Waals surface area (Å²) in [5, 5.41) is 0.232. The Hall–Kier alpha value is -2.14. The van der Waals surface area contributed by atoms with Crippen molar-refractivity contribution in [2.24, 2.45) is 0 Å². The highest BCUT2D eigenvalue weighted by Gasteiger charge is 2.25. The number of hydrogen-bond donors (Lipinski definition) is 0. The van der Waals surface area contributed by atoms with Gasteiger partial charge < -0.3 is 19.0 Å². The molecule has 0 radical (unpaired) electrons. The third-order valence-corrected chi connectivity index (χ3v) is 3.98. The van der Waals surface area contributed by atoms with E-state index in [2.05, 4.69) is 4.90 Å². The zero-order valence-corrected chi connectivity index (χ0v) is 13.0. The molecule has 0 unspecified atom stereocenters. The smallest absolute Gasteiger partial charge is 0.289 e. The van der Waals surface area contributed by atoms with Crippen LogP contribution in [0.15, 0.2) is 40.8 Å². The highest BCUT2D eigenvalue weighted by atomic mass is 35.5. The average molecular weight is 321 g/mol. The van der Waals surface area contributed by atoms with Gasteiger partial charge in [-0.3, -0.25) is 4.79 Å². The Morgan fingerprint density at radius 2 is 1.86 bits per heavy atom. The van der Waals surface area contributed by atoms with Crippen LogP contribution in [0.1, 0.15) is 10.6 Å². The number of benzene rings is 1. The van der Waals surface area contributed by atoms with E-state index in [0.717, 1.165) is 24.5 Å². The van der Waals surface area contributed by atoms with Crippen molar-refractivity contribution in [3.8, 4) is 5.75 Å². The van der Waals surface area contributed by atoms with Gasteiger partial charge in [0.25, 0.3) is 5.91 Å². The Morgan fingerprint density at radius 1 is 1.14 bits per heavy atom. The van der Waals surface area contributed by atoms with Crippen LogP contribution in [-0.4, -0.2) is 44.1 Å². The number of para-hydroxylation sites is 2. The van der Waals surface area contributed by atoms with Gasteiger partial charge in [0.05, 0.1) is 12.8 Å². The van der Waals surface area contributed by atoms with E-state index in [1.165, 1.54) is 0 Å². The third kappa shape index (κ3) is 2.90. The molecular weight excluding hydrogens is 304 g/mol. The van der Waals surface area contributed by atoms with Gasteiger partial charge in [0, 0.05) is 26.2 Å². The topological polar surface area (TPSA) is 45.9 Å². The molecule has 1 aromatic heterocycles. The average Bonchev–Trinajstić information content (AvgIpc) is 3.01. The fourth-order valence-electron chi connectivity index (χ4n) is 2.63. The molecule has 1 aliphatic heterocycles. The quantitative estimate of drug-likeness (QED) is 0.872. The first-order valence-electron chi connectivity index (χ1n) is 7.11. The van der Waals surface area contributed by atoms with Gasteiger partial charge in [0.1, 0.15) is 5.75 Å². The SMILES string of the molecule is COc1ccccc1N1CCN(C(=O)c2ccc(Cl)o2)CC1. The standard InChI is InChI=1S/C16H17ClN2O3/c1-21-13-5-3-2-4-12(13)18-8-10-19(11-9-18)16(20)14-6-7-15(17)22-14/h2-7H,8-11H2,1H3. The van der Waals surface area contributed by atoms with Crippen LogP contribution < -0.4 is 9.64 Å². The number of carbonyl (C=O) groups is 1. The molecule has 1 aromatic carbocycles. The molecule has 2 heterocycles. The lowest BCUT2D eigenvalue weighted by molar-refractivity contribution is 0.0714. The molecule has 1 fully saturated rings. The number of piperazine rings is 1. The number of hydrogen-bond acceptors (Lipinski definition) is 4. The van der Waals surface area contributed by atoms with Crippen LogP contribution in [0.5, 0.6) is 5.75 Å². The van der Waals surface area contributed by atoms with Crippen molar-refractivity contribution in [2.45, 2.75) is 0 Å². The number of methoxy groups -OCH3 is 1. The molecule has 0 aliphatic carbocycles. The minimum Gasteiger partial charge on any atom is -0.495 e. The number of carbonyl (C=O) groups excluding carboxylic acids is 1. The van der Waals surface area contributed by atoms with Crippen LogP contribution in [-0.2, 0) is 0 Å². The second kappa shape index (κ2) is 6.32. The van der Waals surface area contributed by atoms with E-state index in [4.69, 9.17) is 20.8 Å². The maximum atomic E-state index is 12.3. The normalized spacial score (nSPS) is 15.0. The van der Waals surface area contributed by atoms with E-state index >= 15 is 0 Å². The minimum absolute atomic E-state index is 0.119. The first-order chi connectivity index (χ1) is 10.7. The lowest BCUT2D eigenvalue weighted by Gasteiger charge is -2.36. The summed E-state index contributed by atoms with van der Waals surface area (Å²) in [6.45, 7) is 2.77. The van der Waals surface area contributed by atoms with E-state index in [0.29, 0.717) is 13.1 Å². The minimum atomic E-state index is -0.119. The summed E-state index contributed by atoms with van der Waals surface area (Å²) in [6, 6.07) is 11.1. The molecule has 22 heavy (non-hydrogen) atoms. The molecule has 2 aromatic rings. The zero-order valence-electron chi connectivity index (χ0n) is 12.3. The molecular formula is C16H17ClN2O3. The second-order valence-corrected chi connectivity index (χ2v) is 5.43. The molecule has 1 saturated heterocycles. The van der Waals surface area contributed by atoms with Crippen LogP contribution in [0.4, 0.5) is 5.69 Å². The monoisotopic (exact) mass is 320 g/mol. The van der Waals surface area contributed by atoms with E-state index in [1.807, 2.05) is 24.3 Å². The van der Waals surface area contributed by atoms with Gasteiger partial charge in [0.2, 0.25) is 0 Å². The number of nitrogens with zero attached hydrogens (tertiary/aromatic N) is 2. The Morgan fingerprint density at radius 3 is 2.50 bits per heavy atom. The van der Waals surface area contributed by atoms with Crippen LogP contribution in [0, 0.1) is 0 Å². The van der Waals surface area contributed by atoms with Crippen molar-refractivity contribution in [3.63, 3.8) is 0 Å². The first kappa shape index (κ1) is 14.8. The van der Waals surface area contributed by atoms with Gasteiger partial charge in [-0.15, -0.1) is 0 Å². The first-order valence-corrected chi connectivity index (χ1v) is 7.49. The van der Waals surface area contributed by atoms with Crippen LogP contribution in [0.3, 0.4) is 0 Å². The predicted molar refractivity (Wildman–Crippen MR) is 84.8 cm³/mol. The van der Waals surface area contributed by atoms with Gasteiger partial charge in [-0.25, -0.2) is 0 Å². The summed E-state index contributed by atoms with van der Waals surface area (Å²) in [7, 11) is 1.67. The highest BCUT2D eigenvalue weighted by molar-refractivity contribution is 6.29. The molecule has 0 bridgehead atoms. The van der Waals surface area contributed by atoms with Crippen LogP contribution >= 0.6 is 11.6 Å². The maximum absolute atomic E-state index is 12.3. The largest absolute Gasteiger partial charge is 0.495 e. The van der Waals surface area contributed by atoms with Gasteiger partial charge in [-0.2, -0.15) is 0 Å². The van der Waals surface area contributed by atoms with Gasteiger partial charge in [-0.1, -0.05) is 12.1 Å². The summed E-state index contributed by atoms with van der Waals surface area (Å²) in [5.74, 6) is 1.02. The van der Waals surface area contributed by atoms with Gasteiger partial charge in [-0.05, 0) is 35.9 Å². The van der Waals surface area contributed by atoms with Gasteiger partial charge >= 0.3 is 0 Å². The molecule has 1 amide bonds. The van der Waals surface area contributed by atoms with E-state index in [-0.39, 0.29) is 16.9 Å². The van der Waals surface area contributed by atoms with Crippen molar-refractivity contribution in [1.82, 2.24) is 4.90 Å². The molecule has 116 valence electrons. The summed E-state index contributed by atoms with van der Waals surface area (Å²) in [6.07, 6.45) is 0. The lowest BCUT2D eigenvalue weighted by atomic mass is 10.2. The van der Waals surface area contributed by atoms with Crippen LogP contribution in [0.2, 0.25) is 5.22 Å². The number of amides is 1. The predicted octanol–water partition coefficient (Wildman–Crippen LogP) is 2.90. The van der Waals surface area contributed by atoms with E-state index < -0.39 is 0 Å². The zero-order chi connectivity index (χ0) is 15.5. The summed E-state index contributed by atoms with van der Waals surface area (Å²) in [4.78, 5) is 16.3. The number of rotatable bonds is 3. The number of furan rings is 1. The Kier molecular flexibility index (Phi) is 4.24. The fourth-order valence-corrected chi connectivity index (χ4v) is 2.77. The molecule has 3 rings (SSSR count). The van der Waals surface area contributed by atoms with Crippen molar-refractivity contribution in [1.29, 1.82) is 0 Å². The molecule has 0 N–H and O–H groups in total. The van der Waals surface area contributed by atoms with Crippen molar-refractivity contribution >= 4 is 23.2 Å². The number of anilines is 1. The molecule has 0 spiro atoms. The van der Waals surface area contributed by atoms with E-state index in [9.17, 15) is 4.79 Å². The highest BCUT2D eigenvalue weighted by Crippen LogP contribution is 2.28. The molecule has 1 aliphatic rings. The number of ether oxygens (including phenoxy) is 1. The van der Waals surface area contributed by atoms with Crippen molar-refractivity contribution in [2.75, 3.05) is 38.2 Å². The van der Waals surface area contributed by atoms with Crippen molar-refractivity contribution in [3.05, 3.63) is 47.4 Å². The Labute approximate surface area is 134 Å². The summed E-state index contributed by atoms with van der Waals surface area (Å²) in [5.41, 5.74) is 1.05. The van der Waals surface area contributed by atoms with E-state index in [1.54, 1.807) is 24.1 Å². The summed E-state index contributed by atoms with van der Waals surface area (Å²) >= 11 is 5.72. The molecule has 5 nitrogen and oxygen atoms in total. The number of halogens is 1. The molecule has 6 heteroatoms. The Bertz CT molecular complexity index is 663. The third-order valence-electron chi connectivity index (χ3n) is 3.78. The van der Waals surface area contributed by atoms with Crippen molar-refractivity contribution < 1.29 is 13.9 Å². The summed E-state index contributed by atoms with van der Waals surface area (Å²) < 4.78 is 10.6. The molecule has 0 saturated carbocycles. The lowest BCUT2D eigenvalue weighted by Crippen LogP contribution is -2.48. The van der Waals surface area contributed by atoms with Gasteiger partial charge in [0.15, 0.2) is 11.0 Å². The fraction of sp³-hybridized carbons (Fsp3) is 0.312. The Balaban J connectivity index is 1.66. The second-order valence-electron chi connectivity index (χ2n) is 5.05.